The zero-order valence-electron chi connectivity index (χ0n) is 12.7. The number of nitrogens with zero attached hydrogens (tertiary/aromatic N) is 1. The first-order chi connectivity index (χ1) is 9.38. The summed E-state index contributed by atoms with van der Waals surface area (Å²) in [5, 5.41) is 0.817. The van der Waals surface area contributed by atoms with Crippen molar-refractivity contribution < 1.29 is 4.74 Å². The molecule has 112 valence electrons. The highest BCUT2D eigenvalue weighted by Crippen LogP contribution is 2.36. The molecule has 1 aromatic carbocycles. The van der Waals surface area contributed by atoms with Crippen LogP contribution in [0.4, 0.5) is 0 Å². The van der Waals surface area contributed by atoms with Gasteiger partial charge in [0.15, 0.2) is 0 Å². The molecule has 4 heteroatoms. The van der Waals surface area contributed by atoms with Crippen LogP contribution in [0.25, 0.3) is 0 Å². The van der Waals surface area contributed by atoms with Crippen molar-refractivity contribution in [2.75, 3.05) is 20.2 Å². The van der Waals surface area contributed by atoms with Crippen molar-refractivity contribution in [3.8, 4) is 0 Å². The molecule has 1 aromatic rings. The van der Waals surface area contributed by atoms with Crippen LogP contribution in [0.3, 0.4) is 0 Å². The normalized spacial score (nSPS) is 25.9. The van der Waals surface area contributed by atoms with Crippen LogP contribution >= 0.6 is 11.6 Å². The number of nitrogens with two attached hydrogens (primary N) is 1. The molecule has 0 saturated carbocycles. The minimum atomic E-state index is -0.119. The third-order valence-corrected chi connectivity index (χ3v) is 4.74. The Bertz CT molecular complexity index is 464. The van der Waals surface area contributed by atoms with Crippen LogP contribution < -0.4 is 5.73 Å². The van der Waals surface area contributed by atoms with Gasteiger partial charge in [-0.05, 0) is 45.4 Å². The van der Waals surface area contributed by atoms with E-state index in [-0.39, 0.29) is 11.1 Å². The van der Waals surface area contributed by atoms with E-state index in [4.69, 9.17) is 22.1 Å². The molecule has 1 fully saturated rings. The zero-order chi connectivity index (χ0) is 14.8. The Morgan fingerprint density at radius 3 is 2.65 bits per heavy atom. The molecule has 0 spiro atoms. The fraction of sp³-hybridized carbons (Fsp3) is 0.625. The first-order valence-electron chi connectivity index (χ1n) is 7.17. The van der Waals surface area contributed by atoms with Gasteiger partial charge in [0.2, 0.25) is 0 Å². The van der Waals surface area contributed by atoms with Crippen LogP contribution in [0, 0.1) is 0 Å². The average molecular weight is 297 g/mol. The fourth-order valence-corrected chi connectivity index (χ4v) is 3.35. The second-order valence-electron chi connectivity index (χ2n) is 6.41. The zero-order valence-corrected chi connectivity index (χ0v) is 13.4. The van der Waals surface area contributed by atoms with Crippen LogP contribution in [-0.2, 0) is 11.3 Å². The number of likely N-dealkylation sites (N-methyl/N-ethyl adjacent to an activating group) is 1. The average Bonchev–Trinajstić information content (AvgIpc) is 2.40. The van der Waals surface area contributed by atoms with Crippen LogP contribution in [0.5, 0.6) is 0 Å². The highest BCUT2D eigenvalue weighted by atomic mass is 35.5. The second kappa shape index (κ2) is 6.02. The molecule has 2 rings (SSSR count). The van der Waals surface area contributed by atoms with Gasteiger partial charge in [-0.2, -0.15) is 0 Å². The Labute approximate surface area is 127 Å². The third-order valence-electron chi connectivity index (χ3n) is 4.37. The van der Waals surface area contributed by atoms with Crippen LogP contribution in [0.15, 0.2) is 24.3 Å². The van der Waals surface area contributed by atoms with E-state index in [2.05, 4.69) is 31.9 Å². The van der Waals surface area contributed by atoms with E-state index in [1.54, 1.807) is 0 Å². The lowest BCUT2D eigenvalue weighted by Gasteiger charge is -2.49. The molecule has 2 N–H and O–H groups in total. The molecular formula is C16H25ClN2O. The van der Waals surface area contributed by atoms with Crippen molar-refractivity contribution in [3.05, 3.63) is 34.9 Å². The number of hydrogen-bond acceptors (Lipinski definition) is 3. The lowest BCUT2D eigenvalue weighted by Crippen LogP contribution is -2.59. The Morgan fingerprint density at radius 1 is 1.35 bits per heavy atom. The number of ether oxygens (including phenoxy) is 1. The molecule has 0 aromatic heterocycles. The molecular weight excluding hydrogens is 272 g/mol. The van der Waals surface area contributed by atoms with Gasteiger partial charge in [0.1, 0.15) is 0 Å². The highest BCUT2D eigenvalue weighted by Gasteiger charge is 2.42. The third kappa shape index (κ3) is 3.34. The summed E-state index contributed by atoms with van der Waals surface area (Å²) >= 11 is 6.27. The van der Waals surface area contributed by atoms with Crippen LogP contribution in [0.1, 0.15) is 32.3 Å². The summed E-state index contributed by atoms with van der Waals surface area (Å²) in [5.74, 6) is 0. The predicted octanol–water partition coefficient (Wildman–Crippen LogP) is 3.06. The largest absolute Gasteiger partial charge is 0.375 e. The molecule has 1 heterocycles. The summed E-state index contributed by atoms with van der Waals surface area (Å²) in [6.07, 6.45) is 1.91. The standard InChI is InChI=1S/C16H25ClN2O/c1-15(2)11-16(12-18,8-9-20-15)19(3)10-13-6-4-5-7-14(13)17/h4-7H,8-12,18H2,1-3H3. The summed E-state index contributed by atoms with van der Waals surface area (Å²) < 4.78 is 5.84. The predicted molar refractivity (Wildman–Crippen MR) is 84.0 cm³/mol. The van der Waals surface area contributed by atoms with Gasteiger partial charge in [0, 0.05) is 30.3 Å². The molecule has 1 aliphatic heterocycles. The Hall–Kier alpha value is -0.610. The van der Waals surface area contributed by atoms with Gasteiger partial charge in [-0.3, -0.25) is 4.90 Å². The smallest absolute Gasteiger partial charge is 0.0644 e. The van der Waals surface area contributed by atoms with E-state index in [0.717, 1.165) is 36.6 Å². The Balaban J connectivity index is 2.17. The molecule has 0 bridgehead atoms. The molecule has 0 radical (unpaired) electrons. The molecule has 1 unspecified atom stereocenters. The van der Waals surface area contributed by atoms with Crippen molar-refractivity contribution in [2.45, 2.75) is 44.4 Å². The lowest BCUT2D eigenvalue weighted by molar-refractivity contribution is -0.115. The summed E-state index contributed by atoms with van der Waals surface area (Å²) in [6, 6.07) is 8.00. The molecule has 20 heavy (non-hydrogen) atoms. The van der Waals surface area contributed by atoms with Crippen molar-refractivity contribution >= 4 is 11.6 Å². The van der Waals surface area contributed by atoms with Crippen LogP contribution in [0.2, 0.25) is 5.02 Å². The molecule has 1 saturated heterocycles. The van der Waals surface area contributed by atoms with E-state index >= 15 is 0 Å². The van der Waals surface area contributed by atoms with Gasteiger partial charge < -0.3 is 10.5 Å². The number of halogens is 1. The maximum atomic E-state index is 6.27. The minimum absolute atomic E-state index is 0.0130. The summed E-state index contributed by atoms with van der Waals surface area (Å²) in [5.41, 5.74) is 7.14. The molecule has 0 aliphatic carbocycles. The fourth-order valence-electron chi connectivity index (χ4n) is 3.15. The van der Waals surface area contributed by atoms with Crippen molar-refractivity contribution in [3.63, 3.8) is 0 Å². The first kappa shape index (κ1) is 15.8. The van der Waals surface area contributed by atoms with Crippen molar-refractivity contribution in [1.29, 1.82) is 0 Å². The molecule has 1 aliphatic rings. The minimum Gasteiger partial charge on any atom is -0.375 e. The summed E-state index contributed by atoms with van der Waals surface area (Å²) in [7, 11) is 2.14. The van der Waals surface area contributed by atoms with E-state index in [0.29, 0.717) is 6.54 Å². The van der Waals surface area contributed by atoms with Gasteiger partial charge in [-0.25, -0.2) is 0 Å². The number of benzene rings is 1. The first-order valence-corrected chi connectivity index (χ1v) is 7.55. The van der Waals surface area contributed by atoms with Crippen molar-refractivity contribution in [2.24, 2.45) is 5.73 Å². The van der Waals surface area contributed by atoms with E-state index in [1.165, 1.54) is 0 Å². The molecule has 0 amide bonds. The maximum absolute atomic E-state index is 6.27. The van der Waals surface area contributed by atoms with Gasteiger partial charge in [-0.1, -0.05) is 29.8 Å². The summed E-state index contributed by atoms with van der Waals surface area (Å²) in [4.78, 5) is 2.35. The van der Waals surface area contributed by atoms with Gasteiger partial charge >= 0.3 is 0 Å². The topological polar surface area (TPSA) is 38.5 Å². The Kier molecular flexibility index (Phi) is 4.75. The number of rotatable bonds is 4. The van der Waals surface area contributed by atoms with E-state index in [1.807, 2.05) is 18.2 Å². The molecule has 1 atom stereocenters. The van der Waals surface area contributed by atoms with Gasteiger partial charge in [0.25, 0.3) is 0 Å². The monoisotopic (exact) mass is 296 g/mol. The van der Waals surface area contributed by atoms with Gasteiger partial charge in [-0.15, -0.1) is 0 Å². The lowest BCUT2D eigenvalue weighted by atomic mass is 9.80. The van der Waals surface area contributed by atoms with Gasteiger partial charge in [0.05, 0.1) is 5.60 Å². The van der Waals surface area contributed by atoms with Crippen LogP contribution in [-0.4, -0.2) is 36.2 Å². The summed E-state index contributed by atoms with van der Waals surface area (Å²) in [6.45, 7) is 6.49. The molecule has 3 nitrogen and oxygen atoms in total. The van der Waals surface area contributed by atoms with E-state index < -0.39 is 0 Å². The second-order valence-corrected chi connectivity index (χ2v) is 6.82. The van der Waals surface area contributed by atoms with Crippen molar-refractivity contribution in [1.82, 2.24) is 4.90 Å². The Morgan fingerprint density at radius 2 is 2.05 bits per heavy atom. The quantitative estimate of drug-likeness (QED) is 0.928. The van der Waals surface area contributed by atoms with E-state index in [9.17, 15) is 0 Å². The highest BCUT2D eigenvalue weighted by molar-refractivity contribution is 6.31. The number of hydrogen-bond donors (Lipinski definition) is 1. The SMILES string of the molecule is CN(Cc1ccccc1Cl)C1(CN)CCOC(C)(C)C1. The maximum Gasteiger partial charge on any atom is 0.0644 e.